The van der Waals surface area contributed by atoms with Crippen LogP contribution >= 0.6 is 0 Å². The molecule has 0 saturated carbocycles. The van der Waals surface area contributed by atoms with Crippen LogP contribution in [-0.4, -0.2) is 12.0 Å². The summed E-state index contributed by atoms with van der Waals surface area (Å²) in [6.07, 6.45) is 0.402. The molecule has 2 aromatic rings. The first-order valence-electron chi connectivity index (χ1n) is 7.21. The van der Waals surface area contributed by atoms with Crippen LogP contribution in [0.2, 0.25) is 0 Å². The van der Waals surface area contributed by atoms with E-state index < -0.39 is 6.10 Å². The van der Waals surface area contributed by atoms with Gasteiger partial charge in [-0.05, 0) is 55.7 Å². The first-order valence-corrected chi connectivity index (χ1v) is 7.21. The van der Waals surface area contributed by atoms with Crippen LogP contribution < -0.4 is 10.1 Å². The van der Waals surface area contributed by atoms with Crippen molar-refractivity contribution in [1.82, 2.24) is 0 Å². The first kappa shape index (κ1) is 15.1. The standard InChI is InChI=1S/C18H21NO2/c1-4-15-8-6-10-17(12-15)21-14(3)18(20)19-16-9-5-7-13(2)11-16/h5-12,14H,4H2,1-3H3,(H,19,20). The van der Waals surface area contributed by atoms with Crippen LogP contribution in [-0.2, 0) is 11.2 Å². The molecule has 1 unspecified atom stereocenters. The van der Waals surface area contributed by atoms with Crippen molar-refractivity contribution in [3.8, 4) is 5.75 Å². The van der Waals surface area contributed by atoms with Crippen LogP contribution in [0.25, 0.3) is 0 Å². The molecule has 0 aliphatic heterocycles. The van der Waals surface area contributed by atoms with Crippen molar-refractivity contribution in [3.05, 3.63) is 59.7 Å². The molecule has 2 aromatic carbocycles. The second kappa shape index (κ2) is 6.93. The van der Waals surface area contributed by atoms with E-state index in [4.69, 9.17) is 4.74 Å². The molecule has 3 heteroatoms. The van der Waals surface area contributed by atoms with Gasteiger partial charge >= 0.3 is 0 Å². The zero-order valence-corrected chi connectivity index (χ0v) is 12.7. The summed E-state index contributed by atoms with van der Waals surface area (Å²) in [4.78, 5) is 12.1. The molecule has 1 N–H and O–H groups in total. The second-order valence-corrected chi connectivity index (χ2v) is 5.12. The maximum atomic E-state index is 12.1. The van der Waals surface area contributed by atoms with Crippen LogP contribution in [0.3, 0.4) is 0 Å². The number of anilines is 1. The quantitative estimate of drug-likeness (QED) is 0.902. The third-order valence-corrected chi connectivity index (χ3v) is 3.27. The number of hydrogen-bond acceptors (Lipinski definition) is 2. The minimum atomic E-state index is -0.544. The maximum absolute atomic E-state index is 12.1. The number of ether oxygens (including phenoxy) is 1. The van der Waals surface area contributed by atoms with Crippen LogP contribution in [0.5, 0.6) is 5.75 Å². The number of hydrogen-bond donors (Lipinski definition) is 1. The highest BCUT2D eigenvalue weighted by molar-refractivity contribution is 5.94. The molecule has 0 spiro atoms. The van der Waals surface area contributed by atoms with Crippen LogP contribution in [0.4, 0.5) is 5.69 Å². The lowest BCUT2D eigenvalue weighted by atomic mass is 10.1. The van der Waals surface area contributed by atoms with Gasteiger partial charge in [-0.15, -0.1) is 0 Å². The Balaban J connectivity index is 1.99. The molecule has 0 fully saturated rings. The Hall–Kier alpha value is -2.29. The van der Waals surface area contributed by atoms with E-state index in [-0.39, 0.29) is 5.91 Å². The first-order chi connectivity index (χ1) is 10.1. The molecule has 3 nitrogen and oxygen atoms in total. The van der Waals surface area contributed by atoms with Crippen LogP contribution in [0.15, 0.2) is 48.5 Å². The van der Waals surface area contributed by atoms with Gasteiger partial charge in [-0.2, -0.15) is 0 Å². The number of carbonyl (C=O) groups excluding carboxylic acids is 1. The molecule has 0 aromatic heterocycles. The smallest absolute Gasteiger partial charge is 0.265 e. The average Bonchev–Trinajstić information content (AvgIpc) is 2.47. The summed E-state index contributed by atoms with van der Waals surface area (Å²) in [6, 6.07) is 15.5. The minimum Gasteiger partial charge on any atom is -0.481 e. The lowest BCUT2D eigenvalue weighted by Crippen LogP contribution is -2.30. The van der Waals surface area contributed by atoms with E-state index >= 15 is 0 Å². The summed E-state index contributed by atoms with van der Waals surface area (Å²) >= 11 is 0. The molecule has 0 saturated heterocycles. The van der Waals surface area contributed by atoms with Crippen LogP contribution in [0.1, 0.15) is 25.0 Å². The van der Waals surface area contributed by atoms with E-state index in [0.717, 1.165) is 23.4 Å². The van der Waals surface area contributed by atoms with Crippen molar-refractivity contribution >= 4 is 11.6 Å². The van der Waals surface area contributed by atoms with E-state index in [1.807, 2.05) is 55.5 Å². The Morgan fingerprint density at radius 3 is 2.67 bits per heavy atom. The number of carbonyl (C=O) groups is 1. The van der Waals surface area contributed by atoms with Gasteiger partial charge in [0.1, 0.15) is 5.75 Å². The molecular formula is C18H21NO2. The predicted molar refractivity (Wildman–Crippen MR) is 85.7 cm³/mol. The molecule has 2 rings (SSSR count). The summed E-state index contributed by atoms with van der Waals surface area (Å²) in [5, 5.41) is 2.87. The van der Waals surface area contributed by atoms with Gasteiger partial charge in [-0.1, -0.05) is 31.2 Å². The summed E-state index contributed by atoms with van der Waals surface area (Å²) in [6.45, 7) is 5.84. The normalized spacial score (nSPS) is 11.8. The number of aryl methyl sites for hydroxylation is 2. The Bertz CT molecular complexity index is 622. The average molecular weight is 283 g/mol. The third kappa shape index (κ3) is 4.35. The molecule has 1 amide bonds. The van der Waals surface area contributed by atoms with Gasteiger partial charge in [0.25, 0.3) is 5.91 Å². The lowest BCUT2D eigenvalue weighted by Gasteiger charge is -2.15. The monoisotopic (exact) mass is 283 g/mol. The Kier molecular flexibility index (Phi) is 4.99. The van der Waals surface area contributed by atoms with E-state index in [9.17, 15) is 4.79 Å². The predicted octanol–water partition coefficient (Wildman–Crippen LogP) is 3.96. The molecule has 0 heterocycles. The van der Waals surface area contributed by atoms with Gasteiger partial charge in [-0.25, -0.2) is 0 Å². The van der Waals surface area contributed by atoms with Gasteiger partial charge < -0.3 is 10.1 Å². The van der Waals surface area contributed by atoms with E-state index in [0.29, 0.717) is 0 Å². The number of rotatable bonds is 5. The zero-order valence-electron chi connectivity index (χ0n) is 12.7. The van der Waals surface area contributed by atoms with Gasteiger partial charge in [0, 0.05) is 5.69 Å². The van der Waals surface area contributed by atoms with Crippen LogP contribution in [0, 0.1) is 6.92 Å². The Morgan fingerprint density at radius 1 is 1.19 bits per heavy atom. The molecule has 0 radical (unpaired) electrons. The minimum absolute atomic E-state index is 0.150. The Morgan fingerprint density at radius 2 is 1.95 bits per heavy atom. The summed E-state index contributed by atoms with van der Waals surface area (Å²) in [5.74, 6) is 0.573. The topological polar surface area (TPSA) is 38.3 Å². The maximum Gasteiger partial charge on any atom is 0.265 e. The van der Waals surface area contributed by atoms with E-state index in [1.54, 1.807) is 6.92 Å². The molecule has 21 heavy (non-hydrogen) atoms. The van der Waals surface area contributed by atoms with Gasteiger partial charge in [-0.3, -0.25) is 4.79 Å². The molecule has 0 aliphatic carbocycles. The van der Waals surface area contributed by atoms with E-state index in [1.165, 1.54) is 5.56 Å². The summed E-state index contributed by atoms with van der Waals surface area (Å²) < 4.78 is 5.71. The lowest BCUT2D eigenvalue weighted by molar-refractivity contribution is -0.122. The molecule has 0 bridgehead atoms. The fourth-order valence-electron chi connectivity index (χ4n) is 2.06. The van der Waals surface area contributed by atoms with Crippen molar-refractivity contribution < 1.29 is 9.53 Å². The fourth-order valence-corrected chi connectivity index (χ4v) is 2.06. The SMILES string of the molecule is CCc1cccc(OC(C)C(=O)Nc2cccc(C)c2)c1. The largest absolute Gasteiger partial charge is 0.481 e. The van der Waals surface area contributed by atoms with Crippen molar-refractivity contribution in [1.29, 1.82) is 0 Å². The highest BCUT2D eigenvalue weighted by Crippen LogP contribution is 2.16. The van der Waals surface area contributed by atoms with Gasteiger partial charge in [0.05, 0.1) is 0 Å². The number of amides is 1. The van der Waals surface area contributed by atoms with E-state index in [2.05, 4.69) is 12.2 Å². The Labute approximate surface area is 126 Å². The van der Waals surface area contributed by atoms with Crippen molar-refractivity contribution in [2.45, 2.75) is 33.3 Å². The van der Waals surface area contributed by atoms with Gasteiger partial charge in [0.15, 0.2) is 6.10 Å². The highest BCUT2D eigenvalue weighted by atomic mass is 16.5. The molecule has 1 atom stereocenters. The zero-order chi connectivity index (χ0) is 15.2. The van der Waals surface area contributed by atoms with Crippen molar-refractivity contribution in [3.63, 3.8) is 0 Å². The molecule has 0 aliphatic rings. The molecular weight excluding hydrogens is 262 g/mol. The fraction of sp³-hybridized carbons (Fsp3) is 0.278. The van der Waals surface area contributed by atoms with Gasteiger partial charge in [0.2, 0.25) is 0 Å². The summed E-state index contributed by atoms with van der Waals surface area (Å²) in [7, 11) is 0. The summed E-state index contributed by atoms with van der Waals surface area (Å²) in [5.41, 5.74) is 3.09. The number of benzene rings is 2. The van der Waals surface area contributed by atoms with Crippen molar-refractivity contribution in [2.75, 3.05) is 5.32 Å². The second-order valence-electron chi connectivity index (χ2n) is 5.12. The number of nitrogens with one attached hydrogen (secondary N) is 1. The molecule has 110 valence electrons. The van der Waals surface area contributed by atoms with Crippen molar-refractivity contribution in [2.24, 2.45) is 0 Å². The third-order valence-electron chi connectivity index (χ3n) is 3.27. The highest BCUT2D eigenvalue weighted by Gasteiger charge is 2.15.